The molecule has 1 aliphatic rings. The molecule has 1 N–H and O–H groups in total. The van der Waals surface area contributed by atoms with Crippen LogP contribution in [0.2, 0.25) is 0 Å². The zero-order valence-electron chi connectivity index (χ0n) is 13.0. The van der Waals surface area contributed by atoms with Gasteiger partial charge in [-0.2, -0.15) is 5.10 Å². The van der Waals surface area contributed by atoms with Gasteiger partial charge in [0, 0.05) is 38.9 Å². The van der Waals surface area contributed by atoms with E-state index in [-0.39, 0.29) is 5.91 Å². The zero-order chi connectivity index (χ0) is 15.7. The highest BCUT2D eigenvalue weighted by molar-refractivity contribution is 5.96. The van der Waals surface area contributed by atoms with Gasteiger partial charge in [-0.25, -0.2) is 0 Å². The minimum absolute atomic E-state index is 0.0132. The molecule has 1 amide bonds. The van der Waals surface area contributed by atoms with Crippen LogP contribution in [-0.2, 0) is 11.8 Å². The summed E-state index contributed by atoms with van der Waals surface area (Å²) >= 11 is 0. The van der Waals surface area contributed by atoms with Gasteiger partial charge >= 0.3 is 5.97 Å². The number of hydrogen-bond donors (Lipinski definition) is 1. The van der Waals surface area contributed by atoms with E-state index in [2.05, 4.69) is 5.10 Å². The van der Waals surface area contributed by atoms with Crippen LogP contribution >= 0.6 is 0 Å². The fourth-order valence-corrected chi connectivity index (χ4v) is 2.71. The average molecular weight is 294 g/mol. The molecule has 0 spiro atoms. The van der Waals surface area contributed by atoms with Crippen LogP contribution in [0.15, 0.2) is 0 Å². The van der Waals surface area contributed by atoms with Gasteiger partial charge in [0.2, 0.25) is 0 Å². The SMILES string of the molecule is Cc1nn(C)c(C)c1C(=O)N1CCN(C(C)C(=O)O)CC1. The standard InChI is InChI=1S/C14H22N4O3/c1-9-12(10(2)16(4)15-9)13(19)18-7-5-17(6-8-18)11(3)14(20)21/h11H,5-8H2,1-4H3,(H,20,21). The Morgan fingerprint density at radius 3 is 2.19 bits per heavy atom. The number of hydrogen-bond acceptors (Lipinski definition) is 4. The van der Waals surface area contributed by atoms with E-state index < -0.39 is 12.0 Å². The van der Waals surface area contributed by atoms with Gasteiger partial charge in [0.1, 0.15) is 6.04 Å². The van der Waals surface area contributed by atoms with Gasteiger partial charge in [0.15, 0.2) is 0 Å². The lowest BCUT2D eigenvalue weighted by Gasteiger charge is -2.36. The summed E-state index contributed by atoms with van der Waals surface area (Å²) in [6.45, 7) is 7.65. The third-order valence-electron chi connectivity index (χ3n) is 4.23. The fraction of sp³-hybridized carbons (Fsp3) is 0.643. The Bertz CT molecular complexity index is 559. The van der Waals surface area contributed by atoms with Crippen molar-refractivity contribution in [2.75, 3.05) is 26.2 Å². The molecule has 0 saturated carbocycles. The summed E-state index contributed by atoms with van der Waals surface area (Å²) in [5.74, 6) is -0.838. The van der Waals surface area contributed by atoms with Gasteiger partial charge in [-0.15, -0.1) is 0 Å². The smallest absolute Gasteiger partial charge is 0.320 e. The van der Waals surface area contributed by atoms with Crippen molar-refractivity contribution in [2.45, 2.75) is 26.8 Å². The van der Waals surface area contributed by atoms with Gasteiger partial charge in [-0.3, -0.25) is 19.2 Å². The van der Waals surface area contributed by atoms with Crippen molar-refractivity contribution in [1.29, 1.82) is 0 Å². The van der Waals surface area contributed by atoms with E-state index in [4.69, 9.17) is 5.11 Å². The van der Waals surface area contributed by atoms with Crippen molar-refractivity contribution in [3.05, 3.63) is 17.0 Å². The molecule has 1 fully saturated rings. The van der Waals surface area contributed by atoms with E-state index in [0.29, 0.717) is 31.7 Å². The number of aryl methyl sites for hydroxylation is 2. The van der Waals surface area contributed by atoms with Crippen LogP contribution < -0.4 is 0 Å². The molecule has 2 heterocycles. The number of nitrogens with zero attached hydrogens (tertiary/aromatic N) is 4. The largest absolute Gasteiger partial charge is 0.480 e. The van der Waals surface area contributed by atoms with Crippen LogP contribution in [0, 0.1) is 13.8 Å². The number of carbonyl (C=O) groups is 2. The van der Waals surface area contributed by atoms with E-state index >= 15 is 0 Å². The molecule has 1 aromatic rings. The Morgan fingerprint density at radius 1 is 1.19 bits per heavy atom. The second-order valence-corrected chi connectivity index (χ2v) is 5.51. The summed E-state index contributed by atoms with van der Waals surface area (Å²) < 4.78 is 1.71. The maximum Gasteiger partial charge on any atom is 0.320 e. The topological polar surface area (TPSA) is 78.7 Å². The lowest BCUT2D eigenvalue weighted by atomic mass is 10.1. The quantitative estimate of drug-likeness (QED) is 0.865. The summed E-state index contributed by atoms with van der Waals surface area (Å²) in [6.07, 6.45) is 0. The second kappa shape index (κ2) is 5.85. The van der Waals surface area contributed by atoms with Crippen LogP contribution in [0.4, 0.5) is 0 Å². The number of piperazine rings is 1. The molecule has 0 aliphatic carbocycles. The van der Waals surface area contributed by atoms with Crippen LogP contribution in [0.1, 0.15) is 28.7 Å². The minimum Gasteiger partial charge on any atom is -0.480 e. The van der Waals surface area contributed by atoms with E-state index in [1.807, 2.05) is 25.8 Å². The van der Waals surface area contributed by atoms with Gasteiger partial charge < -0.3 is 10.0 Å². The van der Waals surface area contributed by atoms with E-state index in [1.165, 1.54) is 0 Å². The fourth-order valence-electron chi connectivity index (χ4n) is 2.71. The third-order valence-corrected chi connectivity index (χ3v) is 4.23. The van der Waals surface area contributed by atoms with Gasteiger partial charge in [-0.1, -0.05) is 0 Å². The second-order valence-electron chi connectivity index (χ2n) is 5.51. The molecular weight excluding hydrogens is 272 g/mol. The molecule has 0 bridgehead atoms. The first-order valence-electron chi connectivity index (χ1n) is 7.09. The predicted molar refractivity (Wildman–Crippen MR) is 77.3 cm³/mol. The van der Waals surface area contributed by atoms with Gasteiger partial charge in [0.05, 0.1) is 11.3 Å². The molecule has 1 saturated heterocycles. The summed E-state index contributed by atoms with van der Waals surface area (Å²) in [5.41, 5.74) is 2.26. The normalized spacial score (nSPS) is 17.8. The number of carbonyl (C=O) groups excluding carboxylic acids is 1. The summed E-state index contributed by atoms with van der Waals surface area (Å²) in [5, 5.41) is 13.3. The molecule has 2 rings (SSSR count). The Balaban J connectivity index is 2.05. The number of carboxylic acids is 1. The molecule has 21 heavy (non-hydrogen) atoms. The maximum absolute atomic E-state index is 12.6. The molecule has 1 unspecified atom stereocenters. The highest BCUT2D eigenvalue weighted by atomic mass is 16.4. The molecule has 1 aromatic heterocycles. The molecule has 7 heteroatoms. The van der Waals surface area contributed by atoms with Crippen LogP contribution in [0.5, 0.6) is 0 Å². The Labute approximate surface area is 124 Å². The predicted octanol–water partition coefficient (Wildman–Crippen LogP) is 0.268. The first-order chi connectivity index (χ1) is 9.82. The summed E-state index contributed by atoms with van der Waals surface area (Å²) in [6, 6.07) is -0.510. The van der Waals surface area contributed by atoms with Crippen molar-refractivity contribution in [3.63, 3.8) is 0 Å². The average Bonchev–Trinajstić information content (AvgIpc) is 2.70. The van der Waals surface area contributed by atoms with Crippen molar-refractivity contribution in [1.82, 2.24) is 19.6 Å². The van der Waals surface area contributed by atoms with Crippen molar-refractivity contribution in [3.8, 4) is 0 Å². The monoisotopic (exact) mass is 294 g/mol. The van der Waals surface area contributed by atoms with E-state index in [1.54, 1.807) is 16.5 Å². The van der Waals surface area contributed by atoms with Gasteiger partial charge in [0.25, 0.3) is 5.91 Å². The number of carboxylic acid groups (broad SMARTS) is 1. The lowest BCUT2D eigenvalue weighted by Crippen LogP contribution is -2.53. The highest BCUT2D eigenvalue weighted by Crippen LogP contribution is 2.16. The summed E-state index contributed by atoms with van der Waals surface area (Å²) in [7, 11) is 1.82. The maximum atomic E-state index is 12.6. The molecular formula is C14H22N4O3. The number of amides is 1. The summed E-state index contributed by atoms with van der Waals surface area (Å²) in [4.78, 5) is 27.3. The zero-order valence-corrected chi connectivity index (χ0v) is 13.0. The molecule has 0 aromatic carbocycles. The lowest BCUT2D eigenvalue weighted by molar-refractivity contribution is -0.143. The molecule has 7 nitrogen and oxygen atoms in total. The third kappa shape index (κ3) is 2.92. The minimum atomic E-state index is -0.825. The van der Waals surface area contributed by atoms with Crippen LogP contribution in [0.3, 0.4) is 0 Å². The Morgan fingerprint density at radius 2 is 1.76 bits per heavy atom. The molecule has 1 atom stereocenters. The van der Waals surface area contributed by atoms with Crippen LogP contribution in [-0.4, -0.2) is 68.8 Å². The van der Waals surface area contributed by atoms with Crippen LogP contribution in [0.25, 0.3) is 0 Å². The number of aromatic nitrogens is 2. The molecule has 0 radical (unpaired) electrons. The Hall–Kier alpha value is -1.89. The highest BCUT2D eigenvalue weighted by Gasteiger charge is 2.29. The molecule has 1 aliphatic heterocycles. The number of rotatable bonds is 3. The Kier molecular flexibility index (Phi) is 4.32. The first-order valence-corrected chi connectivity index (χ1v) is 7.09. The van der Waals surface area contributed by atoms with Crippen molar-refractivity contribution < 1.29 is 14.7 Å². The van der Waals surface area contributed by atoms with Crippen molar-refractivity contribution in [2.24, 2.45) is 7.05 Å². The van der Waals surface area contributed by atoms with E-state index in [9.17, 15) is 9.59 Å². The molecule has 116 valence electrons. The van der Waals surface area contributed by atoms with E-state index in [0.717, 1.165) is 11.4 Å². The first kappa shape index (κ1) is 15.5. The number of aliphatic carboxylic acids is 1. The van der Waals surface area contributed by atoms with Crippen molar-refractivity contribution >= 4 is 11.9 Å². The van der Waals surface area contributed by atoms with Gasteiger partial charge in [-0.05, 0) is 20.8 Å².